The third-order valence-corrected chi connectivity index (χ3v) is 7.48. The van der Waals surface area contributed by atoms with Gasteiger partial charge in [0.1, 0.15) is 0 Å². The maximum atomic E-state index is 12.5. The SMILES string of the molecule is CS(=O)(=O)c1cc(S(N)(=O)=O)ccc1N1CCN(CC(=O)N2CCCCC2)CC1. The number of rotatable bonds is 5. The molecule has 0 saturated carbocycles. The summed E-state index contributed by atoms with van der Waals surface area (Å²) in [6, 6.07) is 3.93. The number of likely N-dealkylation sites (tertiary alicyclic amines) is 1. The maximum absolute atomic E-state index is 12.5. The Kier molecular flexibility index (Phi) is 6.51. The average molecular weight is 445 g/mol. The van der Waals surface area contributed by atoms with E-state index in [1.54, 1.807) is 0 Å². The first-order chi connectivity index (χ1) is 13.6. The number of sulfone groups is 1. The number of hydrogen-bond donors (Lipinski definition) is 1. The van der Waals surface area contributed by atoms with E-state index in [0.717, 1.165) is 38.3 Å². The van der Waals surface area contributed by atoms with Crippen LogP contribution in [0.1, 0.15) is 19.3 Å². The van der Waals surface area contributed by atoms with E-state index >= 15 is 0 Å². The molecule has 0 spiro atoms. The molecule has 3 rings (SSSR count). The molecular weight excluding hydrogens is 416 g/mol. The molecule has 0 radical (unpaired) electrons. The van der Waals surface area contributed by atoms with Gasteiger partial charge in [0.05, 0.1) is 22.0 Å². The predicted octanol–water partition coefficient (Wildman–Crippen LogP) is -0.128. The van der Waals surface area contributed by atoms with Gasteiger partial charge in [0, 0.05) is 45.5 Å². The van der Waals surface area contributed by atoms with Crippen LogP contribution in [0.4, 0.5) is 5.69 Å². The zero-order valence-electron chi connectivity index (χ0n) is 16.6. The summed E-state index contributed by atoms with van der Waals surface area (Å²) in [5.74, 6) is 0.146. The average Bonchev–Trinajstić information content (AvgIpc) is 2.67. The van der Waals surface area contributed by atoms with Gasteiger partial charge in [-0.15, -0.1) is 0 Å². The summed E-state index contributed by atoms with van der Waals surface area (Å²) in [7, 11) is -7.65. The number of benzene rings is 1. The number of nitrogens with zero attached hydrogens (tertiary/aromatic N) is 3. The van der Waals surface area contributed by atoms with Crippen LogP contribution in [0.3, 0.4) is 0 Å². The van der Waals surface area contributed by atoms with Crippen LogP contribution >= 0.6 is 0 Å². The van der Waals surface area contributed by atoms with Gasteiger partial charge >= 0.3 is 0 Å². The Morgan fingerprint density at radius 1 is 0.966 bits per heavy atom. The van der Waals surface area contributed by atoms with E-state index in [9.17, 15) is 21.6 Å². The second kappa shape index (κ2) is 8.58. The molecular formula is C18H28N4O5S2. The van der Waals surface area contributed by atoms with Crippen molar-refractivity contribution in [2.45, 2.75) is 29.1 Å². The number of piperidine rings is 1. The normalized spacial score (nSPS) is 19.4. The molecule has 0 unspecified atom stereocenters. The first-order valence-corrected chi connectivity index (χ1v) is 13.1. The summed E-state index contributed by atoms with van der Waals surface area (Å²) in [4.78, 5) is 18.1. The van der Waals surface area contributed by atoms with E-state index in [2.05, 4.69) is 4.90 Å². The molecule has 0 aliphatic carbocycles. The lowest BCUT2D eigenvalue weighted by atomic mass is 10.1. The number of piperazine rings is 1. The molecule has 29 heavy (non-hydrogen) atoms. The van der Waals surface area contributed by atoms with Gasteiger partial charge in [-0.25, -0.2) is 22.0 Å². The van der Waals surface area contributed by atoms with E-state index in [1.165, 1.54) is 18.6 Å². The first kappa shape index (κ1) is 22.0. The van der Waals surface area contributed by atoms with Gasteiger partial charge in [0.15, 0.2) is 9.84 Å². The highest BCUT2D eigenvalue weighted by Gasteiger charge is 2.26. The molecule has 0 bridgehead atoms. The van der Waals surface area contributed by atoms with Crippen molar-refractivity contribution >= 4 is 31.5 Å². The fourth-order valence-electron chi connectivity index (χ4n) is 3.81. The number of hydrogen-bond acceptors (Lipinski definition) is 7. The molecule has 1 amide bonds. The largest absolute Gasteiger partial charge is 0.368 e. The molecule has 1 aromatic carbocycles. The molecule has 9 nitrogen and oxygen atoms in total. The summed E-state index contributed by atoms with van der Waals surface area (Å²) < 4.78 is 47.7. The van der Waals surface area contributed by atoms with Crippen LogP contribution in [0.25, 0.3) is 0 Å². The Hall–Kier alpha value is -1.69. The van der Waals surface area contributed by atoms with E-state index in [-0.39, 0.29) is 15.7 Å². The van der Waals surface area contributed by atoms with Crippen LogP contribution in [-0.4, -0.2) is 84.6 Å². The van der Waals surface area contributed by atoms with E-state index in [0.29, 0.717) is 38.4 Å². The van der Waals surface area contributed by atoms with Crippen LogP contribution in [0.2, 0.25) is 0 Å². The monoisotopic (exact) mass is 444 g/mol. The zero-order chi connectivity index (χ0) is 21.2. The Labute approximate surface area is 172 Å². The van der Waals surface area contributed by atoms with Crippen LogP contribution in [-0.2, 0) is 24.7 Å². The van der Waals surface area contributed by atoms with Gasteiger partial charge < -0.3 is 9.80 Å². The van der Waals surface area contributed by atoms with Crippen molar-refractivity contribution < 1.29 is 21.6 Å². The van der Waals surface area contributed by atoms with Crippen molar-refractivity contribution in [3.8, 4) is 0 Å². The first-order valence-electron chi connectivity index (χ1n) is 9.68. The summed E-state index contributed by atoms with van der Waals surface area (Å²) in [5, 5.41) is 5.14. The lowest BCUT2D eigenvalue weighted by Gasteiger charge is -2.37. The molecule has 2 fully saturated rings. The summed E-state index contributed by atoms with van der Waals surface area (Å²) in [6.45, 7) is 4.37. The molecule has 2 heterocycles. The molecule has 2 saturated heterocycles. The lowest BCUT2D eigenvalue weighted by molar-refractivity contribution is -0.133. The zero-order valence-corrected chi connectivity index (χ0v) is 18.2. The number of primary sulfonamides is 1. The molecule has 0 aromatic heterocycles. The lowest BCUT2D eigenvalue weighted by Crippen LogP contribution is -2.51. The van der Waals surface area contributed by atoms with Crippen LogP contribution in [0.5, 0.6) is 0 Å². The standard InChI is InChI=1S/C18H28N4O5S2/c1-28(24,25)17-13-15(29(19,26)27)5-6-16(17)21-11-9-20(10-12-21)14-18(23)22-7-3-2-4-8-22/h5-6,13H,2-4,7-12,14H2,1H3,(H2,19,26,27). The highest BCUT2D eigenvalue weighted by molar-refractivity contribution is 7.91. The minimum atomic E-state index is -4.00. The third kappa shape index (κ3) is 5.47. The van der Waals surface area contributed by atoms with Crippen LogP contribution < -0.4 is 10.0 Å². The maximum Gasteiger partial charge on any atom is 0.238 e. The molecule has 2 aliphatic heterocycles. The number of sulfonamides is 1. The summed E-state index contributed by atoms with van der Waals surface area (Å²) >= 11 is 0. The minimum absolute atomic E-state index is 0.0538. The van der Waals surface area contributed by atoms with Crippen molar-refractivity contribution in [3.63, 3.8) is 0 Å². The van der Waals surface area contributed by atoms with Crippen LogP contribution in [0, 0.1) is 0 Å². The molecule has 0 atom stereocenters. The molecule has 162 valence electrons. The van der Waals surface area contributed by atoms with Crippen molar-refractivity contribution in [1.82, 2.24) is 9.80 Å². The van der Waals surface area contributed by atoms with Crippen molar-refractivity contribution in [3.05, 3.63) is 18.2 Å². The Morgan fingerprint density at radius 2 is 1.59 bits per heavy atom. The second-order valence-electron chi connectivity index (χ2n) is 7.65. The van der Waals surface area contributed by atoms with Gasteiger partial charge in [0.25, 0.3) is 0 Å². The van der Waals surface area contributed by atoms with Crippen molar-refractivity contribution in [2.75, 3.05) is 57.0 Å². The number of carbonyl (C=O) groups excluding carboxylic acids is 1. The van der Waals surface area contributed by atoms with Crippen molar-refractivity contribution in [2.24, 2.45) is 5.14 Å². The highest BCUT2D eigenvalue weighted by Crippen LogP contribution is 2.29. The minimum Gasteiger partial charge on any atom is -0.368 e. The Morgan fingerprint density at radius 3 is 2.14 bits per heavy atom. The van der Waals surface area contributed by atoms with Crippen molar-refractivity contribution in [1.29, 1.82) is 0 Å². The van der Waals surface area contributed by atoms with Gasteiger partial charge in [-0.3, -0.25) is 9.69 Å². The summed E-state index contributed by atoms with van der Waals surface area (Å²) in [5.41, 5.74) is 0.460. The number of nitrogens with two attached hydrogens (primary N) is 1. The molecule has 11 heteroatoms. The van der Waals surface area contributed by atoms with E-state index in [4.69, 9.17) is 5.14 Å². The van der Waals surface area contributed by atoms with E-state index in [1.807, 2.05) is 9.80 Å². The quantitative estimate of drug-likeness (QED) is 0.671. The fourth-order valence-corrected chi connectivity index (χ4v) is 5.34. The molecule has 1 aromatic rings. The number of amides is 1. The van der Waals surface area contributed by atoms with Gasteiger partial charge in [-0.1, -0.05) is 0 Å². The summed E-state index contributed by atoms with van der Waals surface area (Å²) in [6.07, 6.45) is 4.34. The molecule has 2 aliphatic rings. The smallest absolute Gasteiger partial charge is 0.238 e. The predicted molar refractivity (Wildman–Crippen MR) is 110 cm³/mol. The number of carbonyl (C=O) groups is 1. The van der Waals surface area contributed by atoms with Gasteiger partial charge in [0.2, 0.25) is 15.9 Å². The molecule has 2 N–H and O–H groups in total. The van der Waals surface area contributed by atoms with Gasteiger partial charge in [-0.2, -0.15) is 0 Å². The topological polar surface area (TPSA) is 121 Å². The van der Waals surface area contributed by atoms with Gasteiger partial charge in [-0.05, 0) is 37.5 Å². The second-order valence-corrected chi connectivity index (χ2v) is 11.2. The van der Waals surface area contributed by atoms with E-state index < -0.39 is 19.9 Å². The Bertz CT molecular complexity index is 964. The highest BCUT2D eigenvalue weighted by atomic mass is 32.2. The van der Waals surface area contributed by atoms with Crippen LogP contribution in [0.15, 0.2) is 28.0 Å². The number of anilines is 1. The Balaban J connectivity index is 1.69. The third-order valence-electron chi connectivity index (χ3n) is 5.44. The fraction of sp³-hybridized carbons (Fsp3) is 0.611.